The van der Waals surface area contributed by atoms with E-state index >= 15 is 0 Å². The van der Waals surface area contributed by atoms with Gasteiger partial charge in [0.1, 0.15) is 6.54 Å². The van der Waals surface area contributed by atoms with Gasteiger partial charge in [0.15, 0.2) is 11.7 Å². The number of hydrogen-bond donors (Lipinski definition) is 1. The van der Waals surface area contributed by atoms with Gasteiger partial charge in [-0.2, -0.15) is 0 Å². The van der Waals surface area contributed by atoms with Crippen LogP contribution in [-0.2, 0) is 11.2 Å². The number of carbonyl (C=O) groups excluding carboxylic acids is 2. The zero-order valence-corrected chi connectivity index (χ0v) is 17.2. The third-order valence-corrected chi connectivity index (χ3v) is 5.49. The van der Waals surface area contributed by atoms with Gasteiger partial charge in [0, 0.05) is 45.0 Å². The fourth-order valence-electron chi connectivity index (χ4n) is 3.93. The van der Waals surface area contributed by atoms with Crippen LogP contribution in [0.25, 0.3) is 0 Å². The molecule has 2 aromatic rings. The molecule has 8 nitrogen and oxygen atoms in total. The number of amides is 2. The summed E-state index contributed by atoms with van der Waals surface area (Å²) in [5.74, 6) is 0.982. The van der Waals surface area contributed by atoms with Crippen LogP contribution in [0.5, 0.6) is 0 Å². The number of piperazine rings is 1. The topological polar surface area (TPSA) is 81.4 Å². The molecule has 30 heavy (non-hydrogen) atoms. The molecule has 0 spiro atoms. The van der Waals surface area contributed by atoms with Crippen LogP contribution in [0, 0.1) is 0 Å². The molecule has 4 rings (SSSR count). The second-order valence-corrected chi connectivity index (χ2v) is 7.35. The number of anilines is 1. The standard InChI is InChI=1S/C22H27N5O3/c1-2-23-22(24-16-20(28)27-10-9-17-6-3-4-7-18(17)27)26-13-11-25(12-14-26)21(29)19-8-5-15-30-19/h3-8,15H,2,9-14,16H2,1H3,(H,23,24). The van der Waals surface area contributed by atoms with Crippen molar-refractivity contribution in [2.75, 3.05) is 50.7 Å². The highest BCUT2D eigenvalue weighted by Crippen LogP contribution is 2.27. The molecule has 3 heterocycles. The lowest BCUT2D eigenvalue weighted by Gasteiger charge is -2.36. The van der Waals surface area contributed by atoms with Crippen LogP contribution in [0.15, 0.2) is 52.1 Å². The van der Waals surface area contributed by atoms with Gasteiger partial charge in [-0.25, -0.2) is 4.99 Å². The van der Waals surface area contributed by atoms with Crippen LogP contribution >= 0.6 is 0 Å². The van der Waals surface area contributed by atoms with Gasteiger partial charge in [0.25, 0.3) is 5.91 Å². The van der Waals surface area contributed by atoms with E-state index in [0.29, 0.717) is 51.0 Å². The molecule has 2 amide bonds. The molecule has 0 radical (unpaired) electrons. The van der Waals surface area contributed by atoms with E-state index in [1.165, 1.54) is 11.8 Å². The van der Waals surface area contributed by atoms with E-state index < -0.39 is 0 Å². The molecule has 1 aromatic heterocycles. The average Bonchev–Trinajstić information content (AvgIpc) is 3.46. The van der Waals surface area contributed by atoms with Crippen molar-refractivity contribution < 1.29 is 14.0 Å². The number of aliphatic imine (C=N–C) groups is 1. The van der Waals surface area contributed by atoms with E-state index in [2.05, 4.69) is 21.3 Å². The number of rotatable bonds is 4. The predicted molar refractivity (Wildman–Crippen MR) is 115 cm³/mol. The van der Waals surface area contributed by atoms with Gasteiger partial charge in [-0.3, -0.25) is 9.59 Å². The number of furan rings is 1. The molecule has 2 aliphatic heterocycles. The normalized spacial score (nSPS) is 16.6. The first-order chi connectivity index (χ1) is 14.7. The molecule has 1 N–H and O–H groups in total. The number of nitrogens with one attached hydrogen (secondary N) is 1. The summed E-state index contributed by atoms with van der Waals surface area (Å²) in [7, 11) is 0. The third kappa shape index (κ3) is 4.17. The Labute approximate surface area is 176 Å². The summed E-state index contributed by atoms with van der Waals surface area (Å²) in [5, 5.41) is 3.27. The third-order valence-electron chi connectivity index (χ3n) is 5.49. The van der Waals surface area contributed by atoms with Gasteiger partial charge >= 0.3 is 0 Å². The molecule has 1 fully saturated rings. The van der Waals surface area contributed by atoms with Crippen molar-refractivity contribution in [1.29, 1.82) is 0 Å². The quantitative estimate of drug-likeness (QED) is 0.613. The van der Waals surface area contributed by atoms with Gasteiger partial charge in [-0.1, -0.05) is 18.2 Å². The minimum absolute atomic E-state index is 0.00184. The number of fused-ring (bicyclic) bond motifs is 1. The van der Waals surface area contributed by atoms with E-state index in [1.807, 2.05) is 30.0 Å². The Kier molecular flexibility index (Phi) is 6.02. The summed E-state index contributed by atoms with van der Waals surface area (Å²) < 4.78 is 5.22. The molecule has 1 saturated heterocycles. The van der Waals surface area contributed by atoms with E-state index in [4.69, 9.17) is 4.42 Å². The second-order valence-electron chi connectivity index (χ2n) is 7.35. The number of guanidine groups is 1. The lowest BCUT2D eigenvalue weighted by molar-refractivity contribution is -0.117. The zero-order valence-electron chi connectivity index (χ0n) is 17.2. The molecule has 158 valence electrons. The Balaban J connectivity index is 1.36. The van der Waals surface area contributed by atoms with Crippen molar-refractivity contribution in [3.05, 3.63) is 54.0 Å². The molecule has 0 aliphatic carbocycles. The van der Waals surface area contributed by atoms with Crippen LogP contribution in [0.1, 0.15) is 23.0 Å². The molecule has 8 heteroatoms. The van der Waals surface area contributed by atoms with Crippen LogP contribution in [0.2, 0.25) is 0 Å². The van der Waals surface area contributed by atoms with Crippen LogP contribution in [0.3, 0.4) is 0 Å². The number of benzene rings is 1. The summed E-state index contributed by atoms with van der Waals surface area (Å²) in [6.45, 7) is 5.99. The lowest BCUT2D eigenvalue weighted by atomic mass is 10.2. The molecule has 0 atom stereocenters. The number of carbonyl (C=O) groups is 2. The Morgan fingerprint density at radius 3 is 2.53 bits per heavy atom. The number of nitrogens with zero attached hydrogens (tertiary/aromatic N) is 4. The molecule has 0 unspecified atom stereocenters. The van der Waals surface area contributed by atoms with E-state index in [-0.39, 0.29) is 18.4 Å². The van der Waals surface area contributed by atoms with Crippen molar-refractivity contribution in [1.82, 2.24) is 15.1 Å². The highest BCUT2D eigenvalue weighted by atomic mass is 16.3. The highest BCUT2D eigenvalue weighted by Gasteiger charge is 2.26. The summed E-state index contributed by atoms with van der Waals surface area (Å²) in [6.07, 6.45) is 2.40. The molecule has 2 aliphatic rings. The Morgan fingerprint density at radius 1 is 1.03 bits per heavy atom. The fraction of sp³-hybridized carbons (Fsp3) is 0.409. The second kappa shape index (κ2) is 9.02. The number of hydrogen-bond acceptors (Lipinski definition) is 4. The SMILES string of the molecule is CCNC(=NCC(=O)N1CCc2ccccc21)N1CCN(C(=O)c2ccco2)CC1. The zero-order chi connectivity index (χ0) is 20.9. The largest absolute Gasteiger partial charge is 0.459 e. The van der Waals surface area contributed by atoms with Crippen molar-refractivity contribution in [3.8, 4) is 0 Å². The maximum Gasteiger partial charge on any atom is 0.289 e. The summed E-state index contributed by atoms with van der Waals surface area (Å²) in [4.78, 5) is 35.5. The smallest absolute Gasteiger partial charge is 0.289 e. The molecule has 0 saturated carbocycles. The molecule has 1 aromatic carbocycles. The molecule has 0 bridgehead atoms. The maximum absolute atomic E-state index is 12.8. The summed E-state index contributed by atoms with van der Waals surface area (Å²) >= 11 is 0. The molecular formula is C22H27N5O3. The van der Waals surface area contributed by atoms with Gasteiger partial charge in [-0.15, -0.1) is 0 Å². The first-order valence-corrected chi connectivity index (χ1v) is 10.4. The minimum atomic E-state index is -0.0931. The Bertz CT molecular complexity index is 917. The van der Waals surface area contributed by atoms with Gasteiger partial charge in [0.2, 0.25) is 5.91 Å². The van der Waals surface area contributed by atoms with Crippen molar-refractivity contribution in [2.45, 2.75) is 13.3 Å². The maximum atomic E-state index is 12.8. The van der Waals surface area contributed by atoms with Gasteiger partial charge < -0.3 is 24.4 Å². The summed E-state index contributed by atoms with van der Waals surface area (Å²) in [5.41, 5.74) is 2.20. The van der Waals surface area contributed by atoms with Crippen molar-refractivity contribution in [2.24, 2.45) is 4.99 Å². The number of para-hydroxylation sites is 1. The highest BCUT2D eigenvalue weighted by molar-refractivity contribution is 5.98. The van der Waals surface area contributed by atoms with E-state index in [0.717, 1.165) is 12.1 Å². The minimum Gasteiger partial charge on any atom is -0.459 e. The van der Waals surface area contributed by atoms with Crippen LogP contribution in [0.4, 0.5) is 5.69 Å². The molecular weight excluding hydrogens is 382 g/mol. The first kappa shape index (κ1) is 20.0. The van der Waals surface area contributed by atoms with Crippen LogP contribution in [-0.4, -0.2) is 73.4 Å². The van der Waals surface area contributed by atoms with E-state index in [9.17, 15) is 9.59 Å². The lowest BCUT2D eigenvalue weighted by Crippen LogP contribution is -2.54. The fourth-order valence-corrected chi connectivity index (χ4v) is 3.93. The summed E-state index contributed by atoms with van der Waals surface area (Å²) in [6, 6.07) is 11.4. The van der Waals surface area contributed by atoms with Gasteiger partial charge in [-0.05, 0) is 37.1 Å². The van der Waals surface area contributed by atoms with Crippen molar-refractivity contribution in [3.63, 3.8) is 0 Å². The van der Waals surface area contributed by atoms with Gasteiger partial charge in [0.05, 0.1) is 6.26 Å². The average molecular weight is 409 g/mol. The first-order valence-electron chi connectivity index (χ1n) is 10.4. The van der Waals surface area contributed by atoms with Crippen LogP contribution < -0.4 is 10.2 Å². The predicted octanol–water partition coefficient (Wildman–Crippen LogP) is 1.59. The monoisotopic (exact) mass is 409 g/mol. The Hall–Kier alpha value is -3.29. The van der Waals surface area contributed by atoms with Crippen molar-refractivity contribution >= 4 is 23.5 Å². The van der Waals surface area contributed by atoms with E-state index in [1.54, 1.807) is 17.0 Å². The Morgan fingerprint density at radius 2 is 1.80 bits per heavy atom.